The maximum Gasteiger partial charge on any atom is -0.00992 e. The first-order chi connectivity index (χ1) is 23.8. The molecule has 8 rings (SSSR count). The van der Waals surface area contributed by atoms with Crippen LogP contribution in [0.3, 0.4) is 0 Å². The molecule has 0 aliphatic rings. The van der Waals surface area contributed by atoms with Crippen LogP contribution in [-0.4, -0.2) is 0 Å². The molecule has 8 aromatic rings. The topological polar surface area (TPSA) is 0 Å². The Morgan fingerprint density at radius 1 is 0.292 bits per heavy atom. The molecule has 0 aliphatic heterocycles. The first-order valence-corrected chi connectivity index (χ1v) is 16.5. The number of rotatable bonds is 7. The molecule has 0 heterocycles. The van der Waals surface area contributed by atoms with Crippen LogP contribution >= 0.6 is 0 Å². The Morgan fingerprint density at radius 3 is 1.06 bits per heavy atom. The average molecular weight is 611 g/mol. The summed E-state index contributed by atoms with van der Waals surface area (Å²) in [5.41, 5.74) is 12.1. The quantitative estimate of drug-likeness (QED) is 0.158. The summed E-state index contributed by atoms with van der Waals surface area (Å²) in [6.07, 6.45) is 4.63. The first kappa shape index (κ1) is 29.2. The predicted octanol–water partition coefficient (Wildman–Crippen LogP) is 12.8. The van der Waals surface area contributed by atoms with Gasteiger partial charge in [-0.3, -0.25) is 0 Å². The normalized spacial score (nSPS) is 12.0. The molecule has 226 valence electrons. The molecule has 0 spiro atoms. The van der Waals surface area contributed by atoms with E-state index < -0.39 is 0 Å². The Kier molecular flexibility index (Phi) is 8.05. The van der Waals surface area contributed by atoms with Gasteiger partial charge in [-0.25, -0.2) is 0 Å². The van der Waals surface area contributed by atoms with Crippen molar-refractivity contribution in [1.29, 1.82) is 0 Å². The summed E-state index contributed by atoms with van der Waals surface area (Å²) in [6.45, 7) is 0. The molecule has 0 N–H and O–H groups in total. The second-order valence-electron chi connectivity index (χ2n) is 12.1. The van der Waals surface area contributed by atoms with Gasteiger partial charge in [-0.2, -0.15) is 0 Å². The van der Waals surface area contributed by atoms with Gasteiger partial charge in [0.25, 0.3) is 0 Å². The van der Waals surface area contributed by atoms with E-state index in [1.165, 1.54) is 77.2 Å². The molecular weight excluding hydrogens is 577 g/mol. The summed E-state index contributed by atoms with van der Waals surface area (Å²) in [5.74, 6) is 0. The van der Waals surface area contributed by atoms with E-state index in [0.717, 1.165) is 0 Å². The molecule has 0 amide bonds. The van der Waals surface area contributed by atoms with Gasteiger partial charge < -0.3 is 0 Å². The second-order valence-corrected chi connectivity index (χ2v) is 12.1. The molecular formula is C48H34. The van der Waals surface area contributed by atoms with Gasteiger partial charge in [0, 0.05) is 0 Å². The van der Waals surface area contributed by atoms with E-state index in [4.69, 9.17) is 0 Å². The van der Waals surface area contributed by atoms with E-state index >= 15 is 0 Å². The lowest BCUT2D eigenvalue weighted by molar-refractivity contribution is 1.56. The van der Waals surface area contributed by atoms with Gasteiger partial charge in [-0.15, -0.1) is 0 Å². The van der Waals surface area contributed by atoms with Crippen LogP contribution in [0.2, 0.25) is 0 Å². The standard InChI is InChI=1S/C48H34/c1-3-13-41(14-4-1)47(45-23-11-19-39-17-7-9-21-43(39)45)33-35-25-29-37(30-26-35)38-31-27-36(28-32-38)34-48(42-15-5-2-6-16-42)46-24-12-20-40-18-8-10-22-44(40)46/h1-34H/b47-33+,48-34+. The highest BCUT2D eigenvalue weighted by Crippen LogP contribution is 2.34. The van der Waals surface area contributed by atoms with Crippen molar-refractivity contribution in [3.05, 3.63) is 228 Å². The highest BCUT2D eigenvalue weighted by molar-refractivity contribution is 6.03. The molecule has 48 heavy (non-hydrogen) atoms. The monoisotopic (exact) mass is 610 g/mol. The SMILES string of the molecule is C(=C(/c1ccccc1)c1cccc2ccccc12)/c1ccc(-c2ccc(/C=C(\c3ccccc3)c3cccc4ccccc34)cc2)cc1. The molecule has 0 heteroatoms. The van der Waals surface area contributed by atoms with Gasteiger partial charge in [0.2, 0.25) is 0 Å². The summed E-state index contributed by atoms with van der Waals surface area (Å²) in [4.78, 5) is 0. The van der Waals surface area contributed by atoms with Crippen molar-refractivity contribution in [2.75, 3.05) is 0 Å². The highest BCUT2D eigenvalue weighted by atomic mass is 14.1. The molecule has 0 nitrogen and oxygen atoms in total. The van der Waals surface area contributed by atoms with Crippen molar-refractivity contribution < 1.29 is 0 Å². The van der Waals surface area contributed by atoms with E-state index in [1.54, 1.807) is 0 Å². The van der Waals surface area contributed by atoms with Crippen LogP contribution in [0.15, 0.2) is 194 Å². The number of hydrogen-bond donors (Lipinski definition) is 0. The third kappa shape index (κ3) is 6.00. The Hall–Kier alpha value is -6.24. The van der Waals surface area contributed by atoms with Crippen molar-refractivity contribution in [1.82, 2.24) is 0 Å². The number of benzene rings is 8. The van der Waals surface area contributed by atoms with Crippen LogP contribution in [0.1, 0.15) is 33.4 Å². The lowest BCUT2D eigenvalue weighted by Gasteiger charge is -2.13. The van der Waals surface area contributed by atoms with Gasteiger partial charge in [0.15, 0.2) is 0 Å². The van der Waals surface area contributed by atoms with Crippen LogP contribution in [0.5, 0.6) is 0 Å². The lowest BCUT2D eigenvalue weighted by atomic mass is 9.91. The first-order valence-electron chi connectivity index (χ1n) is 16.5. The molecule has 0 unspecified atom stereocenters. The van der Waals surface area contributed by atoms with E-state index in [-0.39, 0.29) is 0 Å². The Bertz CT molecular complexity index is 2210. The largest absolute Gasteiger partial charge is 0.0622 e. The predicted molar refractivity (Wildman–Crippen MR) is 207 cm³/mol. The van der Waals surface area contributed by atoms with Crippen molar-refractivity contribution in [2.45, 2.75) is 0 Å². The van der Waals surface area contributed by atoms with E-state index in [1.807, 2.05) is 0 Å². The van der Waals surface area contributed by atoms with Gasteiger partial charge in [-0.05, 0) is 89.4 Å². The maximum atomic E-state index is 2.31. The Morgan fingerprint density at radius 2 is 0.646 bits per heavy atom. The van der Waals surface area contributed by atoms with E-state index in [2.05, 4.69) is 206 Å². The van der Waals surface area contributed by atoms with E-state index in [0.29, 0.717) is 0 Å². The molecule has 0 atom stereocenters. The molecule has 0 saturated heterocycles. The molecule has 8 aromatic carbocycles. The smallest absolute Gasteiger partial charge is 0.00992 e. The Balaban J connectivity index is 1.13. The zero-order chi connectivity index (χ0) is 32.1. The fraction of sp³-hybridized carbons (Fsp3) is 0. The van der Waals surface area contributed by atoms with Crippen molar-refractivity contribution in [2.24, 2.45) is 0 Å². The Labute approximate surface area is 282 Å². The minimum atomic E-state index is 1.17. The van der Waals surface area contributed by atoms with Gasteiger partial charge in [-0.1, -0.05) is 194 Å². The average Bonchev–Trinajstić information content (AvgIpc) is 3.17. The van der Waals surface area contributed by atoms with Crippen LogP contribution in [0.4, 0.5) is 0 Å². The van der Waals surface area contributed by atoms with E-state index in [9.17, 15) is 0 Å². The number of hydrogen-bond acceptors (Lipinski definition) is 0. The molecule has 0 aromatic heterocycles. The summed E-state index contributed by atoms with van der Waals surface area (Å²) < 4.78 is 0. The summed E-state index contributed by atoms with van der Waals surface area (Å²) in [7, 11) is 0. The second kappa shape index (κ2) is 13.2. The third-order valence-corrected chi connectivity index (χ3v) is 9.11. The van der Waals surface area contributed by atoms with Gasteiger partial charge in [0.1, 0.15) is 0 Å². The van der Waals surface area contributed by atoms with Crippen LogP contribution in [-0.2, 0) is 0 Å². The molecule has 0 bridgehead atoms. The minimum absolute atomic E-state index is 1.17. The van der Waals surface area contributed by atoms with Gasteiger partial charge >= 0.3 is 0 Å². The fourth-order valence-electron chi connectivity index (χ4n) is 6.67. The molecule has 0 aliphatic carbocycles. The van der Waals surface area contributed by atoms with Crippen LogP contribution < -0.4 is 0 Å². The summed E-state index contributed by atoms with van der Waals surface area (Å²) >= 11 is 0. The molecule has 0 radical (unpaired) electrons. The maximum absolute atomic E-state index is 2.31. The molecule has 0 saturated carbocycles. The zero-order valence-corrected chi connectivity index (χ0v) is 26.6. The van der Waals surface area contributed by atoms with Crippen molar-refractivity contribution in [3.63, 3.8) is 0 Å². The fourth-order valence-corrected chi connectivity index (χ4v) is 6.67. The van der Waals surface area contributed by atoms with Gasteiger partial charge in [0.05, 0.1) is 0 Å². The third-order valence-electron chi connectivity index (χ3n) is 9.11. The lowest BCUT2D eigenvalue weighted by Crippen LogP contribution is -1.91. The van der Waals surface area contributed by atoms with Crippen LogP contribution in [0.25, 0.3) is 56.0 Å². The van der Waals surface area contributed by atoms with Crippen molar-refractivity contribution in [3.8, 4) is 11.1 Å². The number of fused-ring (bicyclic) bond motifs is 2. The molecule has 0 fully saturated rings. The minimum Gasteiger partial charge on any atom is -0.0622 e. The summed E-state index contributed by atoms with van der Waals surface area (Å²) in [5, 5.41) is 5.02. The highest BCUT2D eigenvalue weighted by Gasteiger charge is 2.11. The zero-order valence-electron chi connectivity index (χ0n) is 26.6. The summed E-state index contributed by atoms with van der Waals surface area (Å²) in [6, 6.07) is 69.6. The van der Waals surface area contributed by atoms with Crippen LogP contribution in [0, 0.1) is 0 Å². The van der Waals surface area contributed by atoms with Crippen molar-refractivity contribution >= 4 is 44.8 Å².